The Labute approximate surface area is 115 Å². The lowest BCUT2D eigenvalue weighted by atomic mass is 9.96. The Hall–Kier alpha value is -0.610. The summed E-state index contributed by atoms with van der Waals surface area (Å²) in [6.07, 6.45) is 11.3. The minimum atomic E-state index is -0.0577. The molecular weight excluding hydrogens is 240 g/mol. The number of nitrogens with one attached hydrogen (secondary N) is 1. The maximum atomic E-state index is 12.0. The second-order valence-corrected chi connectivity index (χ2v) is 6.40. The van der Waals surface area contributed by atoms with E-state index in [0.717, 1.165) is 6.42 Å². The lowest BCUT2D eigenvalue weighted by molar-refractivity contribution is -0.148. The molecule has 4 heteroatoms. The van der Waals surface area contributed by atoms with Gasteiger partial charge < -0.3 is 4.74 Å². The molecule has 2 saturated carbocycles. The third kappa shape index (κ3) is 2.65. The number of methoxy groups -OCH3 is 1. The molecule has 19 heavy (non-hydrogen) atoms. The Balaban J connectivity index is 1.68. The van der Waals surface area contributed by atoms with Crippen molar-refractivity contribution in [3.63, 3.8) is 0 Å². The van der Waals surface area contributed by atoms with Crippen molar-refractivity contribution in [1.82, 2.24) is 10.4 Å². The van der Waals surface area contributed by atoms with Gasteiger partial charge in [-0.15, -0.1) is 0 Å². The van der Waals surface area contributed by atoms with Crippen LogP contribution in [-0.4, -0.2) is 36.2 Å². The smallest absolute Gasteiger partial charge is 0.324 e. The van der Waals surface area contributed by atoms with Crippen molar-refractivity contribution < 1.29 is 9.53 Å². The van der Waals surface area contributed by atoms with E-state index in [9.17, 15) is 4.79 Å². The van der Waals surface area contributed by atoms with E-state index >= 15 is 0 Å². The van der Waals surface area contributed by atoms with Crippen LogP contribution in [0.25, 0.3) is 0 Å². The molecule has 1 aliphatic heterocycles. The van der Waals surface area contributed by atoms with Gasteiger partial charge >= 0.3 is 5.97 Å². The number of carbonyl (C=O) groups excluding carboxylic acids is 1. The van der Waals surface area contributed by atoms with Crippen molar-refractivity contribution >= 4 is 5.97 Å². The summed E-state index contributed by atoms with van der Waals surface area (Å²) in [5, 5.41) is 2.28. The van der Waals surface area contributed by atoms with Crippen LogP contribution in [0.4, 0.5) is 0 Å². The summed E-state index contributed by atoms with van der Waals surface area (Å²) < 4.78 is 5.00. The molecule has 3 unspecified atom stereocenters. The van der Waals surface area contributed by atoms with E-state index in [0.29, 0.717) is 18.0 Å². The molecule has 0 aromatic rings. The highest BCUT2D eigenvalue weighted by Crippen LogP contribution is 2.40. The molecule has 1 saturated heterocycles. The van der Waals surface area contributed by atoms with Gasteiger partial charge in [-0.1, -0.05) is 25.7 Å². The van der Waals surface area contributed by atoms with Gasteiger partial charge in [0.1, 0.15) is 6.04 Å². The zero-order valence-electron chi connectivity index (χ0n) is 11.9. The lowest BCUT2D eigenvalue weighted by Crippen LogP contribution is -2.54. The maximum absolute atomic E-state index is 12.0. The number of hydrogen-bond donors (Lipinski definition) is 1. The first kappa shape index (κ1) is 13.4. The molecule has 0 amide bonds. The van der Waals surface area contributed by atoms with Crippen LogP contribution in [0.2, 0.25) is 0 Å². The summed E-state index contributed by atoms with van der Waals surface area (Å²) in [4.78, 5) is 12.0. The molecule has 0 aromatic heterocycles. The maximum Gasteiger partial charge on any atom is 0.324 e. The number of nitrogens with zero attached hydrogens (tertiary/aromatic N) is 1. The van der Waals surface area contributed by atoms with Crippen molar-refractivity contribution in [3.8, 4) is 0 Å². The van der Waals surface area contributed by atoms with Gasteiger partial charge in [0.2, 0.25) is 0 Å². The van der Waals surface area contributed by atoms with E-state index < -0.39 is 0 Å². The predicted octanol–water partition coefficient (Wildman–Crippen LogP) is 2.24. The zero-order chi connectivity index (χ0) is 13.2. The molecule has 108 valence electrons. The summed E-state index contributed by atoms with van der Waals surface area (Å²) in [5.74, 6) is 0.637. The van der Waals surface area contributed by atoms with Gasteiger partial charge in [-0.05, 0) is 38.0 Å². The summed E-state index contributed by atoms with van der Waals surface area (Å²) in [5.41, 5.74) is 3.69. The first-order chi connectivity index (χ1) is 9.29. The lowest BCUT2D eigenvalue weighted by Gasteiger charge is -2.34. The second-order valence-electron chi connectivity index (χ2n) is 6.40. The summed E-state index contributed by atoms with van der Waals surface area (Å²) in [6.45, 7) is 0. The molecule has 1 N–H and O–H groups in total. The van der Waals surface area contributed by atoms with Gasteiger partial charge in [0.15, 0.2) is 0 Å². The molecule has 2 aliphatic carbocycles. The van der Waals surface area contributed by atoms with E-state index in [-0.39, 0.29) is 12.0 Å². The normalized spacial score (nSPS) is 36.4. The molecule has 3 aliphatic rings. The average Bonchev–Trinajstić information content (AvgIpc) is 3.02. The van der Waals surface area contributed by atoms with Gasteiger partial charge in [0, 0.05) is 12.1 Å². The first-order valence-electron chi connectivity index (χ1n) is 7.92. The van der Waals surface area contributed by atoms with Gasteiger partial charge in [-0.3, -0.25) is 10.2 Å². The Morgan fingerprint density at radius 1 is 1.11 bits per heavy atom. The van der Waals surface area contributed by atoms with Crippen molar-refractivity contribution in [3.05, 3.63) is 0 Å². The van der Waals surface area contributed by atoms with Crippen molar-refractivity contribution in [2.45, 2.75) is 75.9 Å². The van der Waals surface area contributed by atoms with E-state index in [1.165, 1.54) is 58.5 Å². The minimum absolute atomic E-state index is 0.0535. The summed E-state index contributed by atoms with van der Waals surface area (Å²) in [6, 6.07) is 1.08. The number of hydrazine groups is 1. The van der Waals surface area contributed by atoms with Gasteiger partial charge in [-0.25, -0.2) is 5.01 Å². The van der Waals surface area contributed by atoms with Crippen LogP contribution >= 0.6 is 0 Å². The van der Waals surface area contributed by atoms with Crippen molar-refractivity contribution in [2.75, 3.05) is 7.11 Å². The monoisotopic (exact) mass is 266 g/mol. The fraction of sp³-hybridized carbons (Fsp3) is 0.933. The van der Waals surface area contributed by atoms with E-state index in [1.807, 2.05) is 0 Å². The third-order valence-electron chi connectivity index (χ3n) is 5.25. The largest absolute Gasteiger partial charge is 0.468 e. The molecular formula is C15H26N2O2. The molecule has 3 fully saturated rings. The number of esters is 1. The molecule has 3 rings (SSSR count). The van der Waals surface area contributed by atoms with Gasteiger partial charge in [-0.2, -0.15) is 0 Å². The van der Waals surface area contributed by atoms with Crippen LogP contribution in [0.5, 0.6) is 0 Å². The molecule has 1 heterocycles. The van der Waals surface area contributed by atoms with Crippen molar-refractivity contribution in [1.29, 1.82) is 0 Å². The van der Waals surface area contributed by atoms with E-state index in [1.54, 1.807) is 0 Å². The highest BCUT2D eigenvalue weighted by Gasteiger charge is 2.47. The Morgan fingerprint density at radius 3 is 2.63 bits per heavy atom. The topological polar surface area (TPSA) is 41.6 Å². The van der Waals surface area contributed by atoms with Crippen LogP contribution in [0, 0.1) is 5.92 Å². The molecule has 0 bridgehead atoms. The Morgan fingerprint density at radius 2 is 1.89 bits per heavy atom. The van der Waals surface area contributed by atoms with E-state index in [2.05, 4.69) is 10.4 Å². The second kappa shape index (κ2) is 5.80. The summed E-state index contributed by atoms with van der Waals surface area (Å²) in [7, 11) is 1.51. The minimum Gasteiger partial charge on any atom is -0.468 e. The number of carbonyl (C=O) groups is 1. The highest BCUT2D eigenvalue weighted by molar-refractivity contribution is 5.76. The van der Waals surface area contributed by atoms with Crippen LogP contribution in [0.15, 0.2) is 0 Å². The number of ether oxygens (including phenoxy) is 1. The fourth-order valence-electron chi connectivity index (χ4n) is 4.26. The van der Waals surface area contributed by atoms with Crippen LogP contribution in [-0.2, 0) is 9.53 Å². The Bertz CT molecular complexity index is 328. The highest BCUT2D eigenvalue weighted by atomic mass is 16.5. The average molecular weight is 266 g/mol. The SMILES string of the molecule is COC(=O)C1CC2CCCC2N1NC1CCCCC1. The zero-order valence-corrected chi connectivity index (χ0v) is 11.9. The summed E-state index contributed by atoms with van der Waals surface area (Å²) >= 11 is 0. The van der Waals surface area contributed by atoms with E-state index in [4.69, 9.17) is 4.74 Å². The van der Waals surface area contributed by atoms with Gasteiger partial charge in [0.05, 0.1) is 7.11 Å². The quantitative estimate of drug-likeness (QED) is 0.796. The predicted molar refractivity (Wildman–Crippen MR) is 73.4 cm³/mol. The first-order valence-corrected chi connectivity index (χ1v) is 7.92. The Kier molecular flexibility index (Phi) is 4.08. The standard InChI is InChI=1S/C15H26N2O2/c1-19-15(18)14-10-11-6-5-9-13(11)17(14)16-12-7-3-2-4-8-12/h11-14,16H,2-10H2,1H3. The molecule has 0 radical (unpaired) electrons. The molecule has 0 spiro atoms. The fourth-order valence-corrected chi connectivity index (χ4v) is 4.26. The van der Waals surface area contributed by atoms with Crippen LogP contribution < -0.4 is 5.43 Å². The number of hydrogen-bond acceptors (Lipinski definition) is 4. The molecule has 0 aromatic carbocycles. The van der Waals surface area contributed by atoms with Crippen LogP contribution in [0.1, 0.15) is 57.8 Å². The van der Waals surface area contributed by atoms with Crippen molar-refractivity contribution in [2.24, 2.45) is 5.92 Å². The number of fused-ring (bicyclic) bond motifs is 1. The van der Waals surface area contributed by atoms with Gasteiger partial charge in [0.25, 0.3) is 0 Å². The molecule has 4 nitrogen and oxygen atoms in total. The third-order valence-corrected chi connectivity index (χ3v) is 5.25. The van der Waals surface area contributed by atoms with Crippen LogP contribution in [0.3, 0.4) is 0 Å². The molecule has 3 atom stereocenters. The number of rotatable bonds is 3.